The van der Waals surface area contributed by atoms with Crippen molar-refractivity contribution in [2.24, 2.45) is 5.92 Å². The Balaban J connectivity index is 1.54. The summed E-state index contributed by atoms with van der Waals surface area (Å²) in [5, 5.41) is 3.28. The molecular weight excluding hydrogens is 496 g/mol. The molecule has 3 aromatic rings. The quantitative estimate of drug-likeness (QED) is 0.469. The highest BCUT2D eigenvalue weighted by atomic mass is 35.5. The molecule has 1 atom stereocenters. The number of hydrogen-bond acceptors (Lipinski definition) is 6. The van der Waals surface area contributed by atoms with Crippen molar-refractivity contribution < 1.29 is 22.7 Å². The van der Waals surface area contributed by atoms with E-state index < -0.39 is 21.9 Å². The van der Waals surface area contributed by atoms with Gasteiger partial charge in [0.25, 0.3) is 0 Å². The van der Waals surface area contributed by atoms with Crippen LogP contribution < -0.4 is 5.32 Å². The molecule has 0 saturated carbocycles. The van der Waals surface area contributed by atoms with Gasteiger partial charge in [0.15, 0.2) is 0 Å². The zero-order valence-corrected chi connectivity index (χ0v) is 20.8. The largest absolute Gasteiger partial charge is 0.465 e. The zero-order chi connectivity index (χ0) is 24.3. The molecule has 0 aliphatic carbocycles. The van der Waals surface area contributed by atoms with Crippen LogP contribution in [0.5, 0.6) is 0 Å². The topological polar surface area (TPSA) is 92.8 Å². The van der Waals surface area contributed by atoms with E-state index in [1.165, 1.54) is 47.0 Å². The maximum absolute atomic E-state index is 13.1. The lowest BCUT2D eigenvalue weighted by molar-refractivity contribution is -0.120. The first kappa shape index (κ1) is 24.4. The number of ether oxygens (including phenoxy) is 1. The van der Waals surface area contributed by atoms with Crippen molar-refractivity contribution in [3.63, 3.8) is 0 Å². The van der Waals surface area contributed by atoms with E-state index in [0.29, 0.717) is 30.1 Å². The number of methoxy groups -OCH3 is 1. The lowest BCUT2D eigenvalue weighted by Crippen LogP contribution is -2.43. The first-order valence-corrected chi connectivity index (χ1v) is 13.3. The summed E-state index contributed by atoms with van der Waals surface area (Å²) in [5.74, 6) is -1.43. The Labute approximate surface area is 207 Å². The predicted molar refractivity (Wildman–Crippen MR) is 133 cm³/mol. The van der Waals surface area contributed by atoms with Gasteiger partial charge in [0, 0.05) is 23.0 Å². The number of esters is 1. The molecule has 1 aliphatic heterocycles. The van der Waals surface area contributed by atoms with Gasteiger partial charge >= 0.3 is 5.97 Å². The minimum atomic E-state index is -3.75. The highest BCUT2D eigenvalue weighted by Crippen LogP contribution is 2.36. The fraction of sp³-hybridized carbons (Fsp3) is 0.250. The first-order chi connectivity index (χ1) is 16.3. The summed E-state index contributed by atoms with van der Waals surface area (Å²) in [6.45, 7) is 0.388. The van der Waals surface area contributed by atoms with Gasteiger partial charge in [0.1, 0.15) is 4.88 Å². The van der Waals surface area contributed by atoms with Gasteiger partial charge in [-0.05, 0) is 48.7 Å². The zero-order valence-electron chi connectivity index (χ0n) is 18.4. The Hall–Kier alpha value is -2.72. The number of sulfonamides is 1. The lowest BCUT2D eigenvalue weighted by Gasteiger charge is -2.31. The van der Waals surface area contributed by atoms with Crippen LogP contribution in [0.25, 0.3) is 10.4 Å². The van der Waals surface area contributed by atoms with Crippen molar-refractivity contribution in [3.05, 3.63) is 70.6 Å². The summed E-state index contributed by atoms with van der Waals surface area (Å²) in [6, 6.07) is 17.2. The second kappa shape index (κ2) is 10.3. The van der Waals surface area contributed by atoms with Crippen LogP contribution in [0.15, 0.2) is 65.6 Å². The minimum absolute atomic E-state index is 0.0556. The van der Waals surface area contributed by atoms with Gasteiger partial charge in [0.05, 0.1) is 23.6 Å². The number of thiophene rings is 1. The molecule has 4 rings (SSSR count). The summed E-state index contributed by atoms with van der Waals surface area (Å²) in [6.07, 6.45) is 1.09. The van der Waals surface area contributed by atoms with Crippen LogP contribution in [0.3, 0.4) is 0 Å². The highest BCUT2D eigenvalue weighted by molar-refractivity contribution is 7.89. The lowest BCUT2D eigenvalue weighted by atomic mass is 9.98. The molecule has 1 saturated heterocycles. The standard InChI is InChI=1S/C24H23ClN2O5S2/c1-32-24(29)22-20(14-21(33-22)16-6-3-2-4-7-16)26-23(28)17-8-5-13-27(15-17)34(30,31)19-11-9-18(25)10-12-19/h2-4,6-7,9-12,14,17H,5,8,13,15H2,1H3,(H,26,28). The van der Waals surface area contributed by atoms with E-state index >= 15 is 0 Å². The number of nitrogens with one attached hydrogen (secondary N) is 1. The molecular formula is C24H23ClN2O5S2. The van der Waals surface area contributed by atoms with E-state index in [4.69, 9.17) is 16.3 Å². The van der Waals surface area contributed by atoms with Gasteiger partial charge in [-0.1, -0.05) is 41.9 Å². The van der Waals surface area contributed by atoms with E-state index in [9.17, 15) is 18.0 Å². The highest BCUT2D eigenvalue weighted by Gasteiger charge is 2.34. The number of benzene rings is 2. The molecule has 0 spiro atoms. The molecule has 178 valence electrons. The average molecular weight is 519 g/mol. The van der Waals surface area contributed by atoms with Gasteiger partial charge in [-0.3, -0.25) is 4.79 Å². The van der Waals surface area contributed by atoms with E-state index in [2.05, 4.69) is 5.32 Å². The number of carbonyl (C=O) groups is 2. The monoisotopic (exact) mass is 518 g/mol. The van der Waals surface area contributed by atoms with Crippen molar-refractivity contribution >= 4 is 50.5 Å². The predicted octanol–water partition coefficient (Wildman–Crippen LogP) is 4.89. The van der Waals surface area contributed by atoms with E-state index in [0.717, 1.165) is 10.4 Å². The van der Waals surface area contributed by atoms with Crippen molar-refractivity contribution in [2.45, 2.75) is 17.7 Å². The van der Waals surface area contributed by atoms with E-state index in [1.807, 2.05) is 30.3 Å². The fourth-order valence-electron chi connectivity index (χ4n) is 3.84. The molecule has 1 unspecified atom stereocenters. The number of rotatable bonds is 6. The van der Waals surface area contributed by atoms with Crippen LogP contribution in [0, 0.1) is 5.92 Å². The van der Waals surface area contributed by atoms with Crippen molar-refractivity contribution in [3.8, 4) is 10.4 Å². The Morgan fingerprint density at radius 3 is 2.50 bits per heavy atom. The summed E-state index contributed by atoms with van der Waals surface area (Å²) < 4.78 is 32.3. The third kappa shape index (κ3) is 5.17. The molecule has 1 amide bonds. The van der Waals surface area contributed by atoms with Crippen LogP contribution in [-0.2, 0) is 19.6 Å². The number of hydrogen-bond donors (Lipinski definition) is 1. The van der Waals surface area contributed by atoms with Crippen LogP contribution in [0.4, 0.5) is 5.69 Å². The second-order valence-electron chi connectivity index (χ2n) is 7.86. The smallest absolute Gasteiger partial charge is 0.350 e. The molecule has 0 bridgehead atoms. The van der Waals surface area contributed by atoms with E-state index in [-0.39, 0.29) is 22.2 Å². The number of piperidine rings is 1. The van der Waals surface area contributed by atoms with Crippen molar-refractivity contribution in [1.29, 1.82) is 0 Å². The van der Waals surface area contributed by atoms with Gasteiger partial charge in [-0.15, -0.1) is 11.3 Å². The second-order valence-corrected chi connectivity index (χ2v) is 11.3. The molecule has 34 heavy (non-hydrogen) atoms. The summed E-state index contributed by atoms with van der Waals surface area (Å²) in [4.78, 5) is 26.7. The summed E-state index contributed by atoms with van der Waals surface area (Å²) in [7, 11) is -2.46. The van der Waals surface area contributed by atoms with Crippen LogP contribution >= 0.6 is 22.9 Å². The molecule has 2 aromatic carbocycles. The molecule has 10 heteroatoms. The van der Waals surface area contributed by atoms with Crippen LogP contribution in [0.1, 0.15) is 22.5 Å². The molecule has 1 aliphatic rings. The minimum Gasteiger partial charge on any atom is -0.465 e. The van der Waals surface area contributed by atoms with Gasteiger partial charge in [0.2, 0.25) is 15.9 Å². The molecule has 7 nitrogen and oxygen atoms in total. The number of nitrogens with zero attached hydrogens (tertiary/aromatic N) is 1. The molecule has 1 N–H and O–H groups in total. The number of anilines is 1. The Morgan fingerprint density at radius 1 is 1.12 bits per heavy atom. The van der Waals surface area contributed by atoms with Crippen molar-refractivity contribution in [2.75, 3.05) is 25.5 Å². The average Bonchev–Trinajstić information content (AvgIpc) is 3.28. The van der Waals surface area contributed by atoms with Gasteiger partial charge in [-0.2, -0.15) is 4.31 Å². The maximum Gasteiger partial charge on any atom is 0.350 e. The number of carbonyl (C=O) groups excluding carboxylic acids is 2. The Bertz CT molecular complexity index is 1290. The molecule has 2 heterocycles. The number of halogens is 1. The van der Waals surface area contributed by atoms with Crippen LogP contribution in [-0.4, -0.2) is 44.8 Å². The third-order valence-corrected chi connectivity index (χ3v) is 8.92. The van der Waals surface area contributed by atoms with Crippen molar-refractivity contribution in [1.82, 2.24) is 4.31 Å². The van der Waals surface area contributed by atoms with Gasteiger partial charge < -0.3 is 10.1 Å². The summed E-state index contributed by atoms with van der Waals surface area (Å²) in [5.41, 5.74) is 1.27. The Morgan fingerprint density at radius 2 is 1.82 bits per heavy atom. The SMILES string of the molecule is COC(=O)c1sc(-c2ccccc2)cc1NC(=O)C1CCCN(S(=O)(=O)c2ccc(Cl)cc2)C1. The van der Waals surface area contributed by atoms with Crippen LogP contribution in [0.2, 0.25) is 5.02 Å². The van der Waals surface area contributed by atoms with Gasteiger partial charge in [-0.25, -0.2) is 13.2 Å². The summed E-state index contributed by atoms with van der Waals surface area (Å²) >= 11 is 7.11. The fourth-order valence-corrected chi connectivity index (χ4v) is 6.53. The number of amides is 1. The maximum atomic E-state index is 13.1. The normalized spacial score (nSPS) is 16.7. The molecule has 1 fully saturated rings. The Kier molecular flexibility index (Phi) is 7.37. The molecule has 0 radical (unpaired) electrons. The first-order valence-electron chi connectivity index (χ1n) is 10.6. The molecule has 1 aromatic heterocycles. The van der Waals surface area contributed by atoms with E-state index in [1.54, 1.807) is 6.07 Å². The third-order valence-electron chi connectivity index (χ3n) is 5.63.